The number of benzene rings is 1. The van der Waals surface area contributed by atoms with Crippen molar-refractivity contribution in [3.05, 3.63) is 24.3 Å². The minimum absolute atomic E-state index is 0.0797. The lowest BCUT2D eigenvalue weighted by Gasteiger charge is -2.18. The third-order valence-electron chi connectivity index (χ3n) is 2.49. The van der Waals surface area contributed by atoms with E-state index in [-0.39, 0.29) is 24.2 Å². The minimum Gasteiger partial charge on any atom is -0.491 e. The molecule has 1 atom stereocenters. The maximum atomic E-state index is 12.1. The minimum atomic E-state index is -3.52. The fraction of sp³-hybridized carbons (Fsp3) is 0.538. The molecule has 0 bridgehead atoms. The van der Waals surface area contributed by atoms with Gasteiger partial charge in [0.1, 0.15) is 12.4 Å². The van der Waals surface area contributed by atoms with E-state index in [0.29, 0.717) is 12.3 Å². The van der Waals surface area contributed by atoms with Crippen molar-refractivity contribution in [1.82, 2.24) is 9.62 Å². The molecule has 6 nitrogen and oxygen atoms in total. The van der Waals surface area contributed by atoms with E-state index >= 15 is 0 Å². The lowest BCUT2D eigenvalue weighted by Crippen LogP contribution is -2.39. The van der Waals surface area contributed by atoms with E-state index in [1.807, 2.05) is 25.9 Å². The lowest BCUT2D eigenvalue weighted by molar-refractivity contribution is 0.201. The summed E-state index contributed by atoms with van der Waals surface area (Å²) in [6.07, 6.45) is 0. The average Bonchev–Trinajstić information content (AvgIpc) is 2.35. The molecule has 0 fully saturated rings. The van der Waals surface area contributed by atoms with Crippen molar-refractivity contribution in [3.8, 4) is 5.75 Å². The fourth-order valence-corrected chi connectivity index (χ4v) is 3.03. The monoisotopic (exact) mass is 302 g/mol. The summed E-state index contributed by atoms with van der Waals surface area (Å²) in [6, 6.07) is 5.93. The highest BCUT2D eigenvalue weighted by atomic mass is 32.2. The van der Waals surface area contributed by atoms with E-state index in [1.165, 1.54) is 12.1 Å². The first kappa shape index (κ1) is 16.9. The molecule has 0 saturated heterocycles. The van der Waals surface area contributed by atoms with Crippen molar-refractivity contribution in [2.75, 3.05) is 33.9 Å². The Kier molecular flexibility index (Phi) is 6.41. The summed E-state index contributed by atoms with van der Waals surface area (Å²) in [5.41, 5.74) is 0. The topological polar surface area (TPSA) is 78.9 Å². The first-order valence-corrected chi connectivity index (χ1v) is 7.84. The van der Waals surface area contributed by atoms with E-state index in [1.54, 1.807) is 12.1 Å². The molecule has 1 aromatic carbocycles. The third-order valence-corrected chi connectivity index (χ3v) is 4.09. The summed E-state index contributed by atoms with van der Waals surface area (Å²) >= 11 is 0. The molecule has 0 aliphatic heterocycles. The Hall–Kier alpha value is -1.15. The summed E-state index contributed by atoms with van der Waals surface area (Å²) in [5, 5.41) is 8.65. The Balaban J connectivity index is 2.72. The second kappa shape index (κ2) is 7.58. The Morgan fingerprint density at radius 2 is 1.90 bits per heavy atom. The maximum absolute atomic E-state index is 12.1. The van der Waals surface area contributed by atoms with Crippen LogP contribution >= 0.6 is 0 Å². The molecule has 1 unspecified atom stereocenters. The molecule has 0 aromatic heterocycles. The van der Waals surface area contributed by atoms with Gasteiger partial charge in [-0.15, -0.1) is 0 Å². The number of nitrogens with one attached hydrogen (secondary N) is 1. The first-order valence-electron chi connectivity index (χ1n) is 6.36. The number of sulfonamides is 1. The van der Waals surface area contributed by atoms with Gasteiger partial charge in [-0.25, -0.2) is 13.1 Å². The van der Waals surface area contributed by atoms with Gasteiger partial charge in [0.05, 0.1) is 11.5 Å². The largest absolute Gasteiger partial charge is 0.491 e. The normalized spacial score (nSPS) is 13.4. The summed E-state index contributed by atoms with van der Waals surface area (Å²) in [5.74, 6) is 0.527. The first-order chi connectivity index (χ1) is 9.35. The van der Waals surface area contributed by atoms with Gasteiger partial charge < -0.3 is 14.7 Å². The number of likely N-dealkylation sites (N-methyl/N-ethyl adjacent to an activating group) is 1. The summed E-state index contributed by atoms with van der Waals surface area (Å²) < 4.78 is 32.1. The number of ether oxygens (including phenoxy) is 1. The van der Waals surface area contributed by atoms with Crippen LogP contribution in [0.3, 0.4) is 0 Å². The highest BCUT2D eigenvalue weighted by Crippen LogP contribution is 2.16. The van der Waals surface area contributed by atoms with Crippen LogP contribution in [0.15, 0.2) is 29.2 Å². The molecular formula is C13H22N2O4S. The van der Waals surface area contributed by atoms with Crippen molar-refractivity contribution in [2.24, 2.45) is 0 Å². The van der Waals surface area contributed by atoms with Crippen molar-refractivity contribution in [1.29, 1.82) is 0 Å². The van der Waals surface area contributed by atoms with Gasteiger partial charge in [0, 0.05) is 12.6 Å². The zero-order chi connectivity index (χ0) is 15.2. The molecule has 0 aliphatic carbocycles. The van der Waals surface area contributed by atoms with Crippen molar-refractivity contribution >= 4 is 10.0 Å². The predicted molar refractivity (Wildman–Crippen MR) is 77.4 cm³/mol. The molecule has 0 saturated carbocycles. The predicted octanol–water partition coefficient (Wildman–Crippen LogP) is 0.286. The van der Waals surface area contributed by atoms with Gasteiger partial charge in [-0.3, -0.25) is 0 Å². The van der Waals surface area contributed by atoms with E-state index in [4.69, 9.17) is 9.84 Å². The summed E-state index contributed by atoms with van der Waals surface area (Å²) in [4.78, 5) is 2.11. The van der Waals surface area contributed by atoms with Gasteiger partial charge in [0.2, 0.25) is 10.0 Å². The molecule has 0 spiro atoms. The van der Waals surface area contributed by atoms with Crippen molar-refractivity contribution in [3.63, 3.8) is 0 Å². The zero-order valence-corrected chi connectivity index (χ0v) is 12.9. The van der Waals surface area contributed by atoms with Gasteiger partial charge in [-0.1, -0.05) is 0 Å². The molecular weight excluding hydrogens is 280 g/mol. The molecule has 0 amide bonds. The van der Waals surface area contributed by atoms with Crippen LogP contribution in [0.4, 0.5) is 0 Å². The van der Waals surface area contributed by atoms with Crippen LogP contribution < -0.4 is 9.46 Å². The second-order valence-corrected chi connectivity index (χ2v) is 6.54. The van der Waals surface area contributed by atoms with Crippen molar-refractivity contribution in [2.45, 2.75) is 17.9 Å². The lowest BCUT2D eigenvalue weighted by atomic mass is 10.3. The number of hydrogen-bond acceptors (Lipinski definition) is 5. The van der Waals surface area contributed by atoms with Gasteiger partial charge in [0.15, 0.2) is 0 Å². The van der Waals surface area contributed by atoms with E-state index < -0.39 is 10.0 Å². The Morgan fingerprint density at radius 1 is 1.30 bits per heavy atom. The van der Waals surface area contributed by atoms with Crippen LogP contribution in [0, 0.1) is 0 Å². The fourth-order valence-electron chi connectivity index (χ4n) is 1.80. The van der Waals surface area contributed by atoms with Gasteiger partial charge in [0.25, 0.3) is 0 Å². The number of rotatable bonds is 8. The molecule has 0 radical (unpaired) electrons. The van der Waals surface area contributed by atoms with Crippen LogP contribution in [-0.4, -0.2) is 58.3 Å². The second-order valence-electron chi connectivity index (χ2n) is 4.83. The number of hydrogen-bond donors (Lipinski definition) is 2. The molecule has 0 aliphatic rings. The van der Waals surface area contributed by atoms with Crippen molar-refractivity contribution < 1.29 is 18.3 Å². The summed E-state index contributed by atoms with van der Waals surface area (Å²) in [7, 11) is 0.250. The van der Waals surface area contributed by atoms with Crippen LogP contribution in [0.1, 0.15) is 6.92 Å². The van der Waals surface area contributed by atoms with Gasteiger partial charge >= 0.3 is 0 Å². The molecule has 1 rings (SSSR count). The number of aliphatic hydroxyl groups is 1. The highest BCUT2D eigenvalue weighted by molar-refractivity contribution is 7.89. The van der Waals surface area contributed by atoms with Crippen LogP contribution in [-0.2, 0) is 10.0 Å². The molecule has 1 aromatic rings. The zero-order valence-electron chi connectivity index (χ0n) is 12.0. The van der Waals surface area contributed by atoms with Gasteiger partial charge in [-0.05, 0) is 45.3 Å². The van der Waals surface area contributed by atoms with E-state index in [2.05, 4.69) is 4.72 Å². The third kappa shape index (κ3) is 5.46. The SMILES string of the molecule is CC(CN(C)C)NS(=O)(=O)c1ccc(OCCO)cc1. The molecule has 2 N–H and O–H groups in total. The molecule has 0 heterocycles. The van der Waals surface area contributed by atoms with E-state index in [0.717, 1.165) is 0 Å². The molecule has 114 valence electrons. The smallest absolute Gasteiger partial charge is 0.240 e. The van der Waals surface area contributed by atoms with Crippen LogP contribution in [0.2, 0.25) is 0 Å². The molecule has 7 heteroatoms. The van der Waals surface area contributed by atoms with E-state index in [9.17, 15) is 8.42 Å². The van der Waals surface area contributed by atoms with Gasteiger partial charge in [-0.2, -0.15) is 0 Å². The number of nitrogens with zero attached hydrogens (tertiary/aromatic N) is 1. The average molecular weight is 302 g/mol. The maximum Gasteiger partial charge on any atom is 0.240 e. The van der Waals surface area contributed by atoms with Crippen LogP contribution in [0.25, 0.3) is 0 Å². The van der Waals surface area contributed by atoms with Crippen LogP contribution in [0.5, 0.6) is 5.75 Å². The summed E-state index contributed by atoms with van der Waals surface area (Å²) in [6.45, 7) is 2.54. The quantitative estimate of drug-likeness (QED) is 0.721. The molecule has 20 heavy (non-hydrogen) atoms. The Morgan fingerprint density at radius 3 is 2.40 bits per heavy atom. The highest BCUT2D eigenvalue weighted by Gasteiger charge is 2.17. The Bertz CT molecular complexity index is 500. The Labute approximate surface area is 120 Å². The number of aliphatic hydroxyl groups excluding tert-OH is 1. The standard InChI is InChI=1S/C13H22N2O4S/c1-11(10-15(2)3)14-20(17,18)13-6-4-12(5-7-13)19-9-8-16/h4-7,11,14,16H,8-10H2,1-3H3.